The fourth-order valence-corrected chi connectivity index (χ4v) is 3.52. The van der Waals surface area contributed by atoms with E-state index in [9.17, 15) is 14.4 Å². The van der Waals surface area contributed by atoms with Crippen molar-refractivity contribution >= 4 is 69.3 Å². The zero-order valence-electron chi connectivity index (χ0n) is 12.2. The molecule has 1 aliphatic rings. The topological polar surface area (TPSA) is 75.7 Å². The van der Waals surface area contributed by atoms with Crippen molar-refractivity contribution in [3.05, 3.63) is 33.8 Å². The number of benzene rings is 1. The number of ether oxygens (including phenoxy) is 1. The van der Waals surface area contributed by atoms with Crippen LogP contribution in [0.2, 0.25) is 10.0 Å². The molecule has 1 saturated heterocycles. The molecule has 0 aliphatic carbocycles. The number of hydrogen-bond donors (Lipinski definition) is 1. The number of rotatable bonds is 6. The van der Waals surface area contributed by atoms with Gasteiger partial charge >= 0.3 is 5.97 Å². The number of thiocarbonyl (C=S) groups is 1. The van der Waals surface area contributed by atoms with Gasteiger partial charge in [0.25, 0.3) is 5.91 Å². The van der Waals surface area contributed by atoms with Crippen molar-refractivity contribution in [2.75, 3.05) is 25.4 Å². The molecule has 0 unspecified atom stereocenters. The highest BCUT2D eigenvalue weighted by Gasteiger charge is 2.26. The standard InChI is InChI=1S/C14H12Cl2N2O4S2/c15-8-2-1-3-9(16)12(8)13(21)22-6-10(19)17-4-5-18-11(20)7-24-14(18)23/h1-3H,4-7H2,(H,17,19). The largest absolute Gasteiger partial charge is 0.452 e. The van der Waals surface area contributed by atoms with E-state index in [4.69, 9.17) is 40.2 Å². The van der Waals surface area contributed by atoms with Crippen molar-refractivity contribution in [1.29, 1.82) is 0 Å². The lowest BCUT2D eigenvalue weighted by Gasteiger charge is -2.15. The summed E-state index contributed by atoms with van der Waals surface area (Å²) in [6.45, 7) is 0.00387. The Morgan fingerprint density at radius 1 is 1.33 bits per heavy atom. The second-order valence-electron chi connectivity index (χ2n) is 4.62. The molecule has 6 nitrogen and oxygen atoms in total. The van der Waals surface area contributed by atoms with Gasteiger partial charge in [0.05, 0.1) is 21.4 Å². The SMILES string of the molecule is O=C(COC(=O)c1c(Cl)cccc1Cl)NCCN1C(=O)CSC1=S. The first-order chi connectivity index (χ1) is 11.4. The molecule has 128 valence electrons. The smallest absolute Gasteiger partial charge is 0.341 e. The van der Waals surface area contributed by atoms with E-state index in [1.54, 1.807) is 6.07 Å². The summed E-state index contributed by atoms with van der Waals surface area (Å²) >= 11 is 18.1. The number of nitrogens with one attached hydrogen (secondary N) is 1. The number of thioether (sulfide) groups is 1. The molecule has 0 aromatic heterocycles. The minimum Gasteiger partial charge on any atom is -0.452 e. The summed E-state index contributed by atoms with van der Waals surface area (Å²) in [6, 6.07) is 4.59. The number of carbonyl (C=O) groups excluding carboxylic acids is 3. The minimum absolute atomic E-state index is 0.0127. The van der Waals surface area contributed by atoms with Gasteiger partial charge in [-0.15, -0.1) is 0 Å². The highest BCUT2D eigenvalue weighted by Crippen LogP contribution is 2.24. The number of esters is 1. The van der Waals surface area contributed by atoms with Crippen LogP contribution in [0.5, 0.6) is 0 Å². The summed E-state index contributed by atoms with van der Waals surface area (Å²) < 4.78 is 5.38. The van der Waals surface area contributed by atoms with Crippen molar-refractivity contribution in [2.24, 2.45) is 0 Å². The van der Waals surface area contributed by atoms with Crippen LogP contribution >= 0.6 is 47.2 Å². The molecule has 2 amide bonds. The molecule has 1 heterocycles. The average molecular weight is 407 g/mol. The van der Waals surface area contributed by atoms with Crippen LogP contribution in [-0.4, -0.2) is 52.5 Å². The van der Waals surface area contributed by atoms with Crippen LogP contribution < -0.4 is 5.32 Å². The van der Waals surface area contributed by atoms with Crippen molar-refractivity contribution < 1.29 is 19.1 Å². The molecule has 0 bridgehead atoms. The van der Waals surface area contributed by atoms with Crippen LogP contribution in [0.3, 0.4) is 0 Å². The first-order valence-corrected chi connectivity index (χ1v) is 8.90. The number of nitrogens with zero attached hydrogens (tertiary/aromatic N) is 1. The van der Waals surface area contributed by atoms with E-state index in [0.29, 0.717) is 10.1 Å². The monoisotopic (exact) mass is 406 g/mol. The third-order valence-electron chi connectivity index (χ3n) is 3.00. The Labute approximate surface area is 157 Å². The highest BCUT2D eigenvalue weighted by molar-refractivity contribution is 8.23. The molecular formula is C14H12Cl2N2O4S2. The zero-order valence-corrected chi connectivity index (χ0v) is 15.4. The van der Waals surface area contributed by atoms with Crippen molar-refractivity contribution in [1.82, 2.24) is 10.2 Å². The van der Waals surface area contributed by atoms with Crippen molar-refractivity contribution in [3.63, 3.8) is 0 Å². The fraction of sp³-hybridized carbons (Fsp3) is 0.286. The van der Waals surface area contributed by atoms with E-state index >= 15 is 0 Å². The highest BCUT2D eigenvalue weighted by atomic mass is 35.5. The number of hydrogen-bond acceptors (Lipinski definition) is 6. The maximum absolute atomic E-state index is 11.9. The number of halogens is 2. The minimum atomic E-state index is -0.784. The third kappa shape index (κ3) is 4.83. The Balaban J connectivity index is 1.76. The van der Waals surface area contributed by atoms with Crippen molar-refractivity contribution in [3.8, 4) is 0 Å². The summed E-state index contributed by atoms with van der Waals surface area (Å²) in [4.78, 5) is 36.5. The number of amides is 2. The van der Waals surface area contributed by atoms with Crippen molar-refractivity contribution in [2.45, 2.75) is 0 Å². The Morgan fingerprint density at radius 3 is 2.58 bits per heavy atom. The van der Waals surface area contributed by atoms with Gasteiger partial charge in [-0.3, -0.25) is 14.5 Å². The van der Waals surface area contributed by atoms with Crippen LogP contribution in [0.4, 0.5) is 0 Å². The lowest BCUT2D eigenvalue weighted by atomic mass is 10.2. The van der Waals surface area contributed by atoms with E-state index < -0.39 is 18.5 Å². The summed E-state index contributed by atoms with van der Waals surface area (Å²) in [5, 5.41) is 2.83. The Hall–Kier alpha value is -1.35. The predicted molar refractivity (Wildman–Crippen MR) is 96.5 cm³/mol. The van der Waals surface area contributed by atoms with E-state index in [1.165, 1.54) is 28.8 Å². The van der Waals surface area contributed by atoms with Gasteiger partial charge in [-0.05, 0) is 12.1 Å². The van der Waals surface area contributed by atoms with Gasteiger partial charge in [-0.2, -0.15) is 0 Å². The molecule has 1 aromatic rings. The Kier molecular flexibility index (Phi) is 6.85. The molecule has 0 radical (unpaired) electrons. The van der Waals surface area contributed by atoms with E-state index in [2.05, 4.69) is 5.32 Å². The molecule has 2 rings (SSSR count). The first-order valence-electron chi connectivity index (χ1n) is 6.75. The Bertz CT molecular complexity index is 663. The molecule has 1 aliphatic heterocycles. The number of carbonyl (C=O) groups is 3. The summed E-state index contributed by atoms with van der Waals surface area (Å²) in [7, 11) is 0. The second-order valence-corrected chi connectivity index (χ2v) is 7.05. The maximum Gasteiger partial charge on any atom is 0.341 e. The molecule has 1 N–H and O–H groups in total. The van der Waals surface area contributed by atoms with Gasteiger partial charge in [-0.25, -0.2) is 4.79 Å². The van der Waals surface area contributed by atoms with Gasteiger partial charge in [0.1, 0.15) is 4.32 Å². The van der Waals surface area contributed by atoms with E-state index in [1.807, 2.05) is 0 Å². The van der Waals surface area contributed by atoms with Gasteiger partial charge in [0.2, 0.25) is 5.91 Å². The van der Waals surface area contributed by atoms with Crippen LogP contribution in [0, 0.1) is 0 Å². The van der Waals surface area contributed by atoms with Crippen LogP contribution in [0.25, 0.3) is 0 Å². The quantitative estimate of drug-likeness (QED) is 0.575. The molecule has 0 spiro atoms. The maximum atomic E-state index is 11.9. The molecule has 24 heavy (non-hydrogen) atoms. The lowest BCUT2D eigenvalue weighted by molar-refractivity contribution is -0.126. The fourth-order valence-electron chi connectivity index (χ4n) is 1.85. The Morgan fingerprint density at radius 2 is 2.00 bits per heavy atom. The molecule has 1 fully saturated rings. The summed E-state index contributed by atoms with van der Waals surface area (Å²) in [5.41, 5.74) is 0.0127. The van der Waals surface area contributed by atoms with E-state index in [0.717, 1.165) is 0 Å². The third-order valence-corrected chi connectivity index (χ3v) is 5.06. The predicted octanol–water partition coefficient (Wildman–Crippen LogP) is 2.13. The van der Waals surface area contributed by atoms with Gasteiger partial charge in [-0.1, -0.05) is 53.2 Å². The molecule has 1 aromatic carbocycles. The van der Waals surface area contributed by atoms with Gasteiger partial charge < -0.3 is 10.1 Å². The van der Waals surface area contributed by atoms with Gasteiger partial charge in [0, 0.05) is 13.1 Å². The molecule has 10 heteroatoms. The lowest BCUT2D eigenvalue weighted by Crippen LogP contribution is -2.38. The average Bonchev–Trinajstić information content (AvgIpc) is 2.84. The van der Waals surface area contributed by atoms with E-state index in [-0.39, 0.29) is 34.6 Å². The van der Waals surface area contributed by atoms with Crippen LogP contribution in [0.15, 0.2) is 18.2 Å². The van der Waals surface area contributed by atoms with Crippen LogP contribution in [-0.2, 0) is 14.3 Å². The van der Waals surface area contributed by atoms with Gasteiger partial charge in [0.15, 0.2) is 6.61 Å². The second kappa shape index (κ2) is 8.66. The molecule has 0 atom stereocenters. The first kappa shape index (κ1) is 19.0. The summed E-state index contributed by atoms with van der Waals surface area (Å²) in [5.74, 6) is -1.05. The normalized spacial score (nSPS) is 14.0. The van der Waals surface area contributed by atoms with Crippen LogP contribution in [0.1, 0.15) is 10.4 Å². The zero-order chi connectivity index (χ0) is 17.7. The molecule has 0 saturated carbocycles. The summed E-state index contributed by atoms with van der Waals surface area (Å²) in [6.07, 6.45) is 0. The molecular weight excluding hydrogens is 395 g/mol.